The first-order valence-electron chi connectivity index (χ1n) is 7.24. The molecule has 1 unspecified atom stereocenters. The van der Waals surface area contributed by atoms with Crippen molar-refractivity contribution >= 4 is 0 Å². The molecule has 0 saturated heterocycles. The molecule has 1 aromatic carbocycles. The second-order valence-electron chi connectivity index (χ2n) is 5.75. The van der Waals surface area contributed by atoms with Crippen LogP contribution >= 0.6 is 0 Å². The van der Waals surface area contributed by atoms with E-state index < -0.39 is 0 Å². The summed E-state index contributed by atoms with van der Waals surface area (Å²) >= 11 is 0. The molecule has 104 valence electrons. The van der Waals surface area contributed by atoms with E-state index in [1.807, 2.05) is 14.2 Å². The van der Waals surface area contributed by atoms with Crippen molar-refractivity contribution in [1.29, 1.82) is 0 Å². The summed E-state index contributed by atoms with van der Waals surface area (Å²) in [6.45, 7) is 0.824. The molecule has 1 aliphatic heterocycles. The number of hydrogen-bond acceptors (Lipinski definition) is 3. The Labute approximate surface area is 115 Å². The van der Waals surface area contributed by atoms with Gasteiger partial charge in [0, 0.05) is 19.6 Å². The minimum atomic E-state index is 0.100. The Morgan fingerprint density at radius 1 is 1.42 bits per heavy atom. The summed E-state index contributed by atoms with van der Waals surface area (Å²) in [4.78, 5) is 0. The van der Waals surface area contributed by atoms with E-state index in [0.717, 1.165) is 25.2 Å². The van der Waals surface area contributed by atoms with Crippen LogP contribution in [-0.2, 0) is 11.2 Å². The third kappa shape index (κ3) is 2.37. The molecule has 0 bridgehead atoms. The monoisotopic (exact) mass is 261 g/mol. The molecule has 1 atom stereocenters. The van der Waals surface area contributed by atoms with Crippen molar-refractivity contribution in [2.45, 2.75) is 43.7 Å². The molecular weight excluding hydrogens is 238 g/mol. The molecule has 1 heterocycles. The van der Waals surface area contributed by atoms with Crippen LogP contribution < -0.4 is 10.1 Å². The number of benzene rings is 1. The lowest BCUT2D eigenvalue weighted by Crippen LogP contribution is -2.42. The molecule has 3 heteroatoms. The summed E-state index contributed by atoms with van der Waals surface area (Å²) in [5.74, 6) is 1.06. The average Bonchev–Trinajstić information content (AvgIpc) is 2.85. The van der Waals surface area contributed by atoms with E-state index in [-0.39, 0.29) is 5.60 Å². The van der Waals surface area contributed by atoms with E-state index in [9.17, 15) is 0 Å². The Bertz CT molecular complexity index is 449. The van der Waals surface area contributed by atoms with Crippen LogP contribution in [0.5, 0.6) is 5.75 Å². The van der Waals surface area contributed by atoms with Gasteiger partial charge < -0.3 is 14.8 Å². The lowest BCUT2D eigenvalue weighted by Gasteiger charge is -2.43. The van der Waals surface area contributed by atoms with Gasteiger partial charge in [-0.3, -0.25) is 0 Å². The van der Waals surface area contributed by atoms with E-state index >= 15 is 0 Å². The minimum Gasteiger partial charge on any atom is -0.493 e. The first-order chi connectivity index (χ1) is 9.26. The molecular formula is C16H23NO2. The quantitative estimate of drug-likeness (QED) is 0.884. The lowest BCUT2D eigenvalue weighted by atomic mass is 9.74. The third-order valence-corrected chi connectivity index (χ3v) is 4.74. The Hall–Kier alpha value is -1.06. The lowest BCUT2D eigenvalue weighted by molar-refractivity contribution is -0.0834. The average molecular weight is 261 g/mol. The van der Waals surface area contributed by atoms with E-state index in [1.165, 1.54) is 30.4 Å². The van der Waals surface area contributed by atoms with Gasteiger partial charge in [0.1, 0.15) is 5.75 Å². The molecule has 0 spiro atoms. The zero-order chi connectivity index (χ0) is 13.3. The highest BCUT2D eigenvalue weighted by Crippen LogP contribution is 2.42. The maximum atomic E-state index is 5.76. The first kappa shape index (κ1) is 12.9. The highest BCUT2D eigenvalue weighted by Gasteiger charge is 2.39. The van der Waals surface area contributed by atoms with Crippen LogP contribution in [0.25, 0.3) is 0 Å². The van der Waals surface area contributed by atoms with Crippen LogP contribution in [0.2, 0.25) is 0 Å². The van der Waals surface area contributed by atoms with Gasteiger partial charge in [0.25, 0.3) is 0 Å². The molecule has 3 rings (SSSR count). The van der Waals surface area contributed by atoms with Crippen molar-refractivity contribution in [3.05, 3.63) is 29.3 Å². The van der Waals surface area contributed by atoms with Gasteiger partial charge >= 0.3 is 0 Å². The number of hydrogen-bond donors (Lipinski definition) is 1. The van der Waals surface area contributed by atoms with Crippen LogP contribution in [0, 0.1) is 0 Å². The second-order valence-corrected chi connectivity index (χ2v) is 5.75. The zero-order valence-electron chi connectivity index (χ0n) is 11.9. The van der Waals surface area contributed by atoms with Gasteiger partial charge in [-0.1, -0.05) is 12.1 Å². The fraction of sp³-hybridized carbons (Fsp3) is 0.625. The molecule has 0 radical (unpaired) electrons. The fourth-order valence-electron chi connectivity index (χ4n) is 3.24. The number of nitrogens with one attached hydrogen (secondary N) is 1. The van der Waals surface area contributed by atoms with Crippen molar-refractivity contribution in [3.8, 4) is 5.75 Å². The van der Waals surface area contributed by atoms with Crippen molar-refractivity contribution in [3.63, 3.8) is 0 Å². The van der Waals surface area contributed by atoms with Crippen LogP contribution in [0.3, 0.4) is 0 Å². The SMILES string of the molecule is CNC(CC1(OC)CCC1)c1ccc2c(c1)CCO2. The number of ether oxygens (including phenoxy) is 2. The molecule has 1 fully saturated rings. The van der Waals surface area contributed by atoms with Gasteiger partial charge in [-0.25, -0.2) is 0 Å². The molecule has 1 aromatic rings. The summed E-state index contributed by atoms with van der Waals surface area (Å²) in [5, 5.41) is 3.45. The van der Waals surface area contributed by atoms with Crippen LogP contribution in [-0.4, -0.2) is 26.4 Å². The maximum Gasteiger partial charge on any atom is 0.122 e. The normalized spacial score (nSPS) is 21.4. The van der Waals surface area contributed by atoms with Gasteiger partial charge in [-0.05, 0) is 49.9 Å². The maximum absolute atomic E-state index is 5.76. The highest BCUT2D eigenvalue weighted by molar-refractivity contribution is 5.40. The Kier molecular flexibility index (Phi) is 3.50. The number of methoxy groups -OCH3 is 1. The van der Waals surface area contributed by atoms with E-state index in [4.69, 9.17) is 9.47 Å². The molecule has 1 saturated carbocycles. The predicted molar refractivity (Wildman–Crippen MR) is 75.6 cm³/mol. The molecule has 0 aromatic heterocycles. The largest absolute Gasteiger partial charge is 0.493 e. The molecule has 0 amide bonds. The van der Waals surface area contributed by atoms with Gasteiger partial charge in [-0.2, -0.15) is 0 Å². The molecule has 1 aliphatic carbocycles. The first-order valence-corrected chi connectivity index (χ1v) is 7.24. The second kappa shape index (κ2) is 5.14. The smallest absolute Gasteiger partial charge is 0.122 e. The van der Waals surface area contributed by atoms with Crippen LogP contribution in [0.1, 0.15) is 42.9 Å². The third-order valence-electron chi connectivity index (χ3n) is 4.74. The predicted octanol–water partition coefficient (Wildman–Crippen LogP) is 2.84. The van der Waals surface area contributed by atoms with Crippen molar-refractivity contribution in [2.75, 3.05) is 20.8 Å². The van der Waals surface area contributed by atoms with E-state index in [2.05, 4.69) is 23.5 Å². The summed E-state index contributed by atoms with van der Waals surface area (Å²) in [6.07, 6.45) is 5.77. The Morgan fingerprint density at radius 2 is 2.26 bits per heavy atom. The Morgan fingerprint density at radius 3 is 2.89 bits per heavy atom. The van der Waals surface area contributed by atoms with Gasteiger partial charge in [0.2, 0.25) is 0 Å². The van der Waals surface area contributed by atoms with Gasteiger partial charge in [0.05, 0.1) is 12.2 Å². The molecule has 3 nitrogen and oxygen atoms in total. The van der Waals surface area contributed by atoms with Crippen LogP contribution in [0.4, 0.5) is 0 Å². The highest BCUT2D eigenvalue weighted by atomic mass is 16.5. The summed E-state index contributed by atoms with van der Waals surface area (Å²) < 4.78 is 11.3. The zero-order valence-corrected chi connectivity index (χ0v) is 11.9. The topological polar surface area (TPSA) is 30.5 Å². The van der Waals surface area contributed by atoms with Crippen molar-refractivity contribution < 1.29 is 9.47 Å². The minimum absolute atomic E-state index is 0.100. The standard InChI is InChI=1S/C16H23NO2/c1-17-14(11-16(18-2)7-3-8-16)12-4-5-15-13(10-12)6-9-19-15/h4-5,10,14,17H,3,6-9,11H2,1-2H3. The van der Waals surface area contributed by atoms with Crippen molar-refractivity contribution in [2.24, 2.45) is 0 Å². The summed E-state index contributed by atoms with van der Waals surface area (Å²) in [6, 6.07) is 6.97. The summed E-state index contributed by atoms with van der Waals surface area (Å²) in [7, 11) is 3.89. The molecule has 2 aliphatic rings. The van der Waals surface area contributed by atoms with E-state index in [0.29, 0.717) is 6.04 Å². The van der Waals surface area contributed by atoms with Gasteiger partial charge in [-0.15, -0.1) is 0 Å². The van der Waals surface area contributed by atoms with Gasteiger partial charge in [0.15, 0.2) is 0 Å². The van der Waals surface area contributed by atoms with E-state index in [1.54, 1.807) is 0 Å². The van der Waals surface area contributed by atoms with Crippen LogP contribution in [0.15, 0.2) is 18.2 Å². The number of rotatable bonds is 5. The fourth-order valence-corrected chi connectivity index (χ4v) is 3.24. The summed E-state index contributed by atoms with van der Waals surface area (Å²) in [5.41, 5.74) is 2.80. The molecule has 19 heavy (non-hydrogen) atoms. The Balaban J connectivity index is 1.78. The van der Waals surface area contributed by atoms with Crippen molar-refractivity contribution in [1.82, 2.24) is 5.32 Å². The molecule has 1 N–H and O–H groups in total. The number of fused-ring (bicyclic) bond motifs is 1.